The highest BCUT2D eigenvalue weighted by atomic mass is 32.1. The second-order valence-corrected chi connectivity index (χ2v) is 12.5. The van der Waals surface area contributed by atoms with E-state index in [0.717, 1.165) is 0 Å². The van der Waals surface area contributed by atoms with Crippen LogP contribution >= 0.6 is 14.2 Å². The third-order valence-electron chi connectivity index (χ3n) is 0.782. The molecule has 0 bridgehead atoms. The highest BCUT2D eigenvalue weighted by Gasteiger charge is 2.40. The summed E-state index contributed by atoms with van der Waals surface area (Å²) in [5, 5.41) is 0. The average molecular weight is 157 g/mol. The third kappa shape index (κ3) is 2.23. The quantitative estimate of drug-likeness (QED) is 0.558. The first-order valence-corrected chi connectivity index (χ1v) is 7.57. The summed E-state index contributed by atoms with van der Waals surface area (Å²) >= 11 is 0. The Morgan fingerprint density at radius 2 is 1.38 bits per heavy atom. The Balaban J connectivity index is 4.26. The Bertz CT molecular complexity index is 119. The summed E-state index contributed by atoms with van der Waals surface area (Å²) in [6.45, 7) is 2.92. The molecule has 50 valence electrons. The molecular formula is C3H11O3P2+. The van der Waals surface area contributed by atoms with Gasteiger partial charge in [-0.25, -0.2) is 4.57 Å². The van der Waals surface area contributed by atoms with Gasteiger partial charge in [0.25, 0.3) is 0 Å². The lowest BCUT2D eigenvalue weighted by atomic mass is 11.9. The zero-order valence-electron chi connectivity index (χ0n) is 5.20. The highest BCUT2D eigenvalue weighted by molar-refractivity contribution is 8.36. The van der Waals surface area contributed by atoms with Crippen LogP contribution in [0.4, 0.5) is 0 Å². The number of hydrogen-bond acceptors (Lipinski definition) is 1. The van der Waals surface area contributed by atoms with Gasteiger partial charge in [0.05, 0.1) is 20.0 Å². The van der Waals surface area contributed by atoms with Crippen molar-refractivity contribution in [1.82, 2.24) is 0 Å². The molecule has 0 saturated carbocycles. The fraction of sp³-hybridized carbons (Fsp3) is 1.00. The predicted octanol–water partition coefficient (Wildman–Crippen LogP) is 0.986. The maximum absolute atomic E-state index is 10.4. The van der Waals surface area contributed by atoms with Gasteiger partial charge < -0.3 is 0 Å². The van der Waals surface area contributed by atoms with E-state index < -0.39 is 14.2 Å². The fourth-order valence-electron chi connectivity index (χ4n) is 0. The fourth-order valence-corrected chi connectivity index (χ4v) is 0. The molecule has 0 saturated heterocycles. The Labute approximate surface area is 49.5 Å². The molecule has 0 heterocycles. The summed E-state index contributed by atoms with van der Waals surface area (Å²) in [6, 6.07) is 0. The van der Waals surface area contributed by atoms with Crippen LogP contribution < -0.4 is 0 Å². The van der Waals surface area contributed by atoms with Crippen LogP contribution in [0.25, 0.3) is 0 Å². The smallest absolute Gasteiger partial charge is 0.295 e. The summed E-state index contributed by atoms with van der Waals surface area (Å²) in [4.78, 5) is 17.0. The molecule has 0 aliphatic carbocycles. The van der Waals surface area contributed by atoms with E-state index in [1.165, 1.54) is 0 Å². The minimum absolute atomic E-state index is 1.62. The van der Waals surface area contributed by atoms with Crippen molar-refractivity contribution in [2.45, 2.75) is 0 Å². The summed E-state index contributed by atoms with van der Waals surface area (Å²) in [7, 11) is -3.74. The van der Waals surface area contributed by atoms with E-state index in [-0.39, 0.29) is 0 Å². The van der Waals surface area contributed by atoms with Gasteiger partial charge in [-0.05, 0) is 0 Å². The summed E-state index contributed by atoms with van der Waals surface area (Å²) < 4.78 is 10.4. The van der Waals surface area contributed by atoms with Gasteiger partial charge in [0.1, 0.15) is 6.95 Å². The van der Waals surface area contributed by atoms with E-state index in [4.69, 9.17) is 9.79 Å². The molecule has 5 heteroatoms. The second kappa shape index (κ2) is 2.07. The third-order valence-corrected chi connectivity index (χ3v) is 7.03. The van der Waals surface area contributed by atoms with Crippen LogP contribution in [0.1, 0.15) is 0 Å². The monoisotopic (exact) mass is 157 g/mol. The van der Waals surface area contributed by atoms with Crippen LogP contribution in [0.2, 0.25) is 0 Å². The van der Waals surface area contributed by atoms with Crippen LogP contribution in [0.15, 0.2) is 0 Å². The maximum Gasteiger partial charge on any atom is 0.463 e. The van der Waals surface area contributed by atoms with E-state index in [2.05, 4.69) is 0 Å². The molecule has 0 fully saturated rings. The zero-order valence-corrected chi connectivity index (χ0v) is 6.99. The standard InChI is InChI=1S/C3H10O3P2/c1-7(2,3)8(4,5)6/h1-3H3,(H-,4,5,6)/p+1. The minimum atomic E-state index is -3.74. The van der Waals surface area contributed by atoms with Gasteiger partial charge in [0.2, 0.25) is 0 Å². The van der Waals surface area contributed by atoms with Gasteiger partial charge in [-0.3, -0.25) is 9.79 Å². The molecular weight excluding hydrogens is 146 g/mol. The molecule has 0 unspecified atom stereocenters. The van der Waals surface area contributed by atoms with Gasteiger partial charge in [-0.15, -0.1) is 0 Å². The van der Waals surface area contributed by atoms with Gasteiger partial charge in [0.15, 0.2) is 0 Å². The first-order valence-electron chi connectivity index (χ1n) is 2.12. The second-order valence-electron chi connectivity index (χ2n) is 2.45. The molecule has 0 aliphatic rings. The van der Waals surface area contributed by atoms with E-state index in [0.29, 0.717) is 0 Å². The normalized spacial score (nSPS) is 14.1. The molecule has 8 heavy (non-hydrogen) atoms. The van der Waals surface area contributed by atoms with Crippen molar-refractivity contribution in [1.29, 1.82) is 0 Å². The lowest BCUT2D eigenvalue weighted by Gasteiger charge is -2.10. The van der Waals surface area contributed by atoms with Gasteiger partial charge >= 0.3 is 7.28 Å². The van der Waals surface area contributed by atoms with Crippen molar-refractivity contribution in [3.8, 4) is 0 Å². The molecule has 0 aromatic rings. The molecule has 0 aromatic carbocycles. The van der Waals surface area contributed by atoms with E-state index in [1.54, 1.807) is 20.0 Å². The zero-order chi connectivity index (χ0) is 7.00. The van der Waals surface area contributed by atoms with Crippen LogP contribution in [-0.4, -0.2) is 29.8 Å². The largest absolute Gasteiger partial charge is 0.463 e. The molecule has 0 spiro atoms. The van der Waals surface area contributed by atoms with Crippen molar-refractivity contribution >= 4 is 14.2 Å². The van der Waals surface area contributed by atoms with Crippen molar-refractivity contribution < 1.29 is 14.4 Å². The summed E-state index contributed by atoms with van der Waals surface area (Å²) in [5.41, 5.74) is 0. The topological polar surface area (TPSA) is 57.5 Å². The SMILES string of the molecule is C[P+](C)(C)P(=O)(O)O. The van der Waals surface area contributed by atoms with Crippen molar-refractivity contribution in [2.24, 2.45) is 0 Å². The van der Waals surface area contributed by atoms with Crippen molar-refractivity contribution in [3.63, 3.8) is 0 Å². The van der Waals surface area contributed by atoms with Crippen molar-refractivity contribution in [3.05, 3.63) is 0 Å². The van der Waals surface area contributed by atoms with Crippen LogP contribution in [-0.2, 0) is 4.57 Å². The van der Waals surface area contributed by atoms with E-state index >= 15 is 0 Å². The maximum atomic E-state index is 10.4. The number of hydrogen-bond donors (Lipinski definition) is 2. The highest BCUT2D eigenvalue weighted by Crippen LogP contribution is 2.78. The number of rotatable bonds is 1. The Kier molecular flexibility index (Phi) is 2.22. The van der Waals surface area contributed by atoms with Crippen LogP contribution in [0.5, 0.6) is 0 Å². The predicted molar refractivity (Wildman–Crippen MR) is 36.7 cm³/mol. The molecule has 0 rings (SSSR count). The molecule has 2 N–H and O–H groups in total. The summed E-state index contributed by atoms with van der Waals surface area (Å²) in [5.74, 6) is 0. The van der Waals surface area contributed by atoms with Gasteiger partial charge in [0, 0.05) is 0 Å². The molecule has 0 atom stereocenters. The van der Waals surface area contributed by atoms with Gasteiger partial charge in [-0.2, -0.15) is 0 Å². The Morgan fingerprint density at radius 1 is 1.25 bits per heavy atom. The molecule has 0 aromatic heterocycles. The summed E-state index contributed by atoms with van der Waals surface area (Å²) in [6.07, 6.45) is 0. The van der Waals surface area contributed by atoms with Crippen molar-refractivity contribution in [2.75, 3.05) is 20.0 Å². The molecule has 3 nitrogen and oxygen atoms in total. The van der Waals surface area contributed by atoms with Gasteiger partial charge in [-0.1, -0.05) is 0 Å². The lowest BCUT2D eigenvalue weighted by molar-refractivity contribution is 0.394. The van der Waals surface area contributed by atoms with E-state index in [1.807, 2.05) is 0 Å². The molecule has 0 radical (unpaired) electrons. The Morgan fingerprint density at radius 3 is 1.38 bits per heavy atom. The first-order chi connectivity index (χ1) is 3.25. The molecule has 0 amide bonds. The van der Waals surface area contributed by atoms with Crippen LogP contribution in [0.3, 0.4) is 0 Å². The Hall–Kier alpha value is 0.580. The lowest BCUT2D eigenvalue weighted by Crippen LogP contribution is -1.85. The average Bonchev–Trinajstić information content (AvgIpc) is 1.25. The first kappa shape index (κ1) is 8.58. The molecule has 0 aliphatic heterocycles. The minimum Gasteiger partial charge on any atom is -0.295 e. The van der Waals surface area contributed by atoms with Crippen LogP contribution in [0, 0.1) is 0 Å². The van der Waals surface area contributed by atoms with E-state index in [9.17, 15) is 4.57 Å².